The highest BCUT2D eigenvalue weighted by Crippen LogP contribution is 2.30. The zero-order valence-corrected chi connectivity index (χ0v) is 17.4. The first-order chi connectivity index (χ1) is 15.4. The van der Waals surface area contributed by atoms with Gasteiger partial charge in [-0.2, -0.15) is 0 Å². The Morgan fingerprint density at radius 2 is 1.78 bits per heavy atom. The number of nitro benzene ring substituents is 1. The molecule has 8 heteroatoms. The van der Waals surface area contributed by atoms with Crippen molar-refractivity contribution in [2.24, 2.45) is 7.05 Å². The second-order valence-corrected chi connectivity index (χ2v) is 7.12. The fourth-order valence-corrected chi connectivity index (χ4v) is 3.62. The Morgan fingerprint density at radius 1 is 1.03 bits per heavy atom. The monoisotopic (exact) mass is 429 g/mol. The number of amides is 1. The predicted molar refractivity (Wildman–Crippen MR) is 122 cm³/mol. The van der Waals surface area contributed by atoms with Crippen LogP contribution in [0.1, 0.15) is 10.4 Å². The van der Waals surface area contributed by atoms with Gasteiger partial charge in [-0.25, -0.2) is 0 Å². The predicted octanol–water partition coefficient (Wildman–Crippen LogP) is 4.37. The van der Waals surface area contributed by atoms with Crippen LogP contribution in [0.15, 0.2) is 77.6 Å². The molecule has 0 aliphatic heterocycles. The minimum Gasteiger partial charge on any atom is -0.497 e. The number of carbonyl (C=O) groups excluding carboxylic acids is 1. The zero-order chi connectivity index (χ0) is 22.8. The van der Waals surface area contributed by atoms with Crippen LogP contribution in [0.4, 0.5) is 11.5 Å². The summed E-state index contributed by atoms with van der Waals surface area (Å²) in [5.41, 5.74) is 1.17. The van der Waals surface area contributed by atoms with E-state index in [0.717, 1.165) is 0 Å². The van der Waals surface area contributed by atoms with Gasteiger partial charge in [0.1, 0.15) is 11.6 Å². The summed E-state index contributed by atoms with van der Waals surface area (Å²) in [6, 6.07) is 19.5. The number of nitro groups is 1. The Balaban J connectivity index is 1.92. The minimum atomic E-state index is -0.567. The number of para-hydroxylation sites is 1. The Morgan fingerprint density at radius 3 is 2.53 bits per heavy atom. The first-order valence-electron chi connectivity index (χ1n) is 9.72. The van der Waals surface area contributed by atoms with Crippen LogP contribution in [0.5, 0.6) is 5.75 Å². The smallest absolute Gasteiger partial charge is 0.270 e. The summed E-state index contributed by atoms with van der Waals surface area (Å²) < 4.78 is 7.02. The molecule has 1 N–H and O–H groups in total. The van der Waals surface area contributed by atoms with E-state index in [4.69, 9.17) is 4.74 Å². The second kappa shape index (κ2) is 8.35. The maximum absolute atomic E-state index is 13.5. The summed E-state index contributed by atoms with van der Waals surface area (Å²) in [4.78, 5) is 37.0. The number of hydrogen-bond acceptors (Lipinski definition) is 5. The van der Waals surface area contributed by atoms with Crippen molar-refractivity contribution in [2.45, 2.75) is 0 Å². The van der Waals surface area contributed by atoms with Gasteiger partial charge in [0.2, 0.25) is 0 Å². The van der Waals surface area contributed by atoms with Crippen LogP contribution in [0.3, 0.4) is 0 Å². The quantitative estimate of drug-likeness (QED) is 0.375. The highest BCUT2D eigenvalue weighted by molar-refractivity contribution is 6.07. The lowest BCUT2D eigenvalue weighted by molar-refractivity contribution is -0.384. The van der Waals surface area contributed by atoms with E-state index in [0.29, 0.717) is 27.8 Å². The highest BCUT2D eigenvalue weighted by atomic mass is 16.6. The molecule has 0 saturated carbocycles. The molecule has 1 aromatic heterocycles. The summed E-state index contributed by atoms with van der Waals surface area (Å²) >= 11 is 0. The number of nitrogens with one attached hydrogen (secondary N) is 1. The fraction of sp³-hybridized carbons (Fsp3) is 0.0833. The lowest BCUT2D eigenvalue weighted by Gasteiger charge is -2.18. The molecular formula is C24H19N3O5. The molecule has 0 bridgehead atoms. The molecule has 0 atom stereocenters. The molecular weight excluding hydrogens is 410 g/mol. The first kappa shape index (κ1) is 20.8. The number of non-ortho nitro benzene ring substituents is 1. The highest BCUT2D eigenvalue weighted by Gasteiger charge is 2.20. The van der Waals surface area contributed by atoms with E-state index in [2.05, 4.69) is 5.32 Å². The Kier molecular flexibility index (Phi) is 5.43. The van der Waals surface area contributed by atoms with Gasteiger partial charge in [-0.1, -0.05) is 30.3 Å². The van der Waals surface area contributed by atoms with Gasteiger partial charge in [-0.05, 0) is 35.9 Å². The number of rotatable bonds is 5. The number of nitrogens with zero attached hydrogens (tertiary/aromatic N) is 2. The van der Waals surface area contributed by atoms with Crippen LogP contribution in [-0.4, -0.2) is 22.5 Å². The van der Waals surface area contributed by atoms with Crippen LogP contribution in [-0.2, 0) is 7.05 Å². The minimum absolute atomic E-state index is 0.108. The molecule has 4 rings (SSSR count). The van der Waals surface area contributed by atoms with E-state index >= 15 is 0 Å². The van der Waals surface area contributed by atoms with Crippen molar-refractivity contribution in [1.29, 1.82) is 0 Å². The van der Waals surface area contributed by atoms with Crippen LogP contribution < -0.4 is 15.5 Å². The van der Waals surface area contributed by atoms with E-state index in [1.54, 1.807) is 60.1 Å². The van der Waals surface area contributed by atoms with Crippen LogP contribution in [0.2, 0.25) is 0 Å². The standard InChI is InChI=1S/C24H19N3O5/c1-26-20-12-4-3-11-19(20)22(28)21(15-7-6-10-18(14-15)32-2)23(26)25-24(29)16-8-5-9-17(13-16)27(30)31/h3-14H,1-2H3,(H,25,29). The molecule has 3 aromatic carbocycles. The molecule has 0 aliphatic rings. The van der Waals surface area contributed by atoms with Crippen molar-refractivity contribution in [3.05, 3.63) is 98.7 Å². The largest absolute Gasteiger partial charge is 0.497 e. The molecule has 8 nitrogen and oxygen atoms in total. The molecule has 1 amide bonds. The van der Waals surface area contributed by atoms with Gasteiger partial charge in [0, 0.05) is 30.1 Å². The third kappa shape index (κ3) is 3.69. The van der Waals surface area contributed by atoms with E-state index in [1.807, 2.05) is 0 Å². The van der Waals surface area contributed by atoms with Gasteiger partial charge >= 0.3 is 0 Å². The van der Waals surface area contributed by atoms with Gasteiger partial charge < -0.3 is 14.6 Å². The van der Waals surface area contributed by atoms with Gasteiger partial charge in [0.05, 0.1) is 23.1 Å². The molecule has 0 spiro atoms. The number of aromatic nitrogens is 1. The molecule has 0 aliphatic carbocycles. The van der Waals surface area contributed by atoms with Crippen molar-refractivity contribution in [3.8, 4) is 16.9 Å². The first-order valence-corrected chi connectivity index (χ1v) is 9.72. The summed E-state index contributed by atoms with van der Waals surface area (Å²) in [7, 11) is 3.27. The van der Waals surface area contributed by atoms with Gasteiger partial charge in [0.15, 0.2) is 5.43 Å². The fourth-order valence-electron chi connectivity index (χ4n) is 3.62. The summed E-state index contributed by atoms with van der Waals surface area (Å²) in [5, 5.41) is 14.4. The molecule has 0 radical (unpaired) electrons. The Hall–Kier alpha value is -4.46. The maximum Gasteiger partial charge on any atom is 0.270 e. The van der Waals surface area contributed by atoms with E-state index < -0.39 is 10.8 Å². The molecule has 160 valence electrons. The van der Waals surface area contributed by atoms with Crippen molar-refractivity contribution >= 4 is 28.3 Å². The van der Waals surface area contributed by atoms with Gasteiger partial charge in [-0.3, -0.25) is 19.7 Å². The molecule has 1 heterocycles. The second-order valence-electron chi connectivity index (χ2n) is 7.12. The van der Waals surface area contributed by atoms with E-state index in [9.17, 15) is 19.7 Å². The molecule has 0 saturated heterocycles. The molecule has 0 fully saturated rings. The molecule has 0 unspecified atom stereocenters. The number of anilines is 1. The number of carbonyl (C=O) groups is 1. The normalized spacial score (nSPS) is 10.7. The Bertz CT molecular complexity index is 1430. The third-order valence-electron chi connectivity index (χ3n) is 5.22. The van der Waals surface area contributed by atoms with Crippen molar-refractivity contribution < 1.29 is 14.5 Å². The van der Waals surface area contributed by atoms with E-state index in [-0.39, 0.29) is 22.5 Å². The number of hydrogen-bond donors (Lipinski definition) is 1. The lowest BCUT2D eigenvalue weighted by atomic mass is 10.0. The topological polar surface area (TPSA) is 103 Å². The zero-order valence-electron chi connectivity index (χ0n) is 17.4. The van der Waals surface area contributed by atoms with Crippen molar-refractivity contribution in [3.63, 3.8) is 0 Å². The van der Waals surface area contributed by atoms with Crippen LogP contribution in [0, 0.1) is 10.1 Å². The summed E-state index contributed by atoms with van der Waals surface area (Å²) in [6.45, 7) is 0. The van der Waals surface area contributed by atoms with Gasteiger partial charge in [-0.15, -0.1) is 0 Å². The number of fused-ring (bicyclic) bond motifs is 1. The number of benzene rings is 3. The third-order valence-corrected chi connectivity index (χ3v) is 5.22. The number of pyridine rings is 1. The van der Waals surface area contributed by atoms with Crippen LogP contribution >= 0.6 is 0 Å². The lowest BCUT2D eigenvalue weighted by Crippen LogP contribution is -2.21. The Labute approximate surface area is 182 Å². The van der Waals surface area contributed by atoms with Crippen LogP contribution in [0.25, 0.3) is 22.0 Å². The van der Waals surface area contributed by atoms with E-state index in [1.165, 1.54) is 31.4 Å². The van der Waals surface area contributed by atoms with Gasteiger partial charge in [0.25, 0.3) is 11.6 Å². The SMILES string of the molecule is COc1cccc(-c2c(NC(=O)c3cccc([N+](=O)[O-])c3)n(C)c3ccccc3c2=O)c1. The molecule has 4 aromatic rings. The summed E-state index contributed by atoms with van der Waals surface area (Å²) in [5.74, 6) is 0.273. The number of ether oxygens (including phenoxy) is 1. The van der Waals surface area contributed by atoms with Crippen molar-refractivity contribution in [1.82, 2.24) is 4.57 Å². The maximum atomic E-state index is 13.5. The van der Waals surface area contributed by atoms with Crippen molar-refractivity contribution in [2.75, 3.05) is 12.4 Å². The summed E-state index contributed by atoms with van der Waals surface area (Å²) in [6.07, 6.45) is 0. The molecule has 32 heavy (non-hydrogen) atoms. The average Bonchev–Trinajstić information content (AvgIpc) is 2.82. The average molecular weight is 429 g/mol. The number of aryl methyl sites for hydroxylation is 1. The number of methoxy groups -OCH3 is 1.